The first-order valence-electron chi connectivity index (χ1n) is 5.38. The van der Waals surface area contributed by atoms with Crippen molar-refractivity contribution in [1.82, 2.24) is 10.6 Å². The monoisotopic (exact) mass is 246 g/mol. The lowest BCUT2D eigenvalue weighted by molar-refractivity contribution is 0.475. The fourth-order valence-corrected chi connectivity index (χ4v) is 1.74. The Balaban J connectivity index is 2.28. The molecule has 2 N–H and O–H groups in total. The van der Waals surface area contributed by atoms with Crippen LogP contribution in [0.2, 0.25) is 0 Å². The third kappa shape index (κ3) is 2.85. The lowest BCUT2D eigenvalue weighted by Gasteiger charge is -2.18. The third-order valence-corrected chi connectivity index (χ3v) is 2.79. The molecule has 0 amide bonds. The first-order valence-corrected chi connectivity index (χ1v) is 5.78. The van der Waals surface area contributed by atoms with Gasteiger partial charge in [-0.1, -0.05) is 30.3 Å². The van der Waals surface area contributed by atoms with E-state index in [4.69, 9.17) is 16.6 Å². The molecule has 0 bridgehead atoms. The number of furan rings is 1. The van der Waals surface area contributed by atoms with E-state index >= 15 is 0 Å². The van der Waals surface area contributed by atoms with Crippen LogP contribution in [0.15, 0.2) is 53.1 Å². The molecule has 0 aliphatic rings. The van der Waals surface area contributed by atoms with Crippen LogP contribution in [0, 0.1) is 0 Å². The molecule has 2 aromatic rings. The smallest absolute Gasteiger partial charge is 0.166 e. The van der Waals surface area contributed by atoms with Crippen LogP contribution in [0.4, 0.5) is 0 Å². The summed E-state index contributed by atoms with van der Waals surface area (Å²) in [7, 11) is 1.79. The molecule has 1 heterocycles. The molecule has 4 heteroatoms. The minimum atomic E-state index is -0.0638. The molecular formula is C13H14N2OS. The van der Waals surface area contributed by atoms with E-state index in [1.807, 2.05) is 42.5 Å². The maximum absolute atomic E-state index is 5.45. The Kier molecular flexibility index (Phi) is 3.77. The van der Waals surface area contributed by atoms with E-state index in [2.05, 4.69) is 10.6 Å². The number of nitrogens with one attached hydrogen (secondary N) is 2. The van der Waals surface area contributed by atoms with Gasteiger partial charge in [-0.3, -0.25) is 0 Å². The summed E-state index contributed by atoms with van der Waals surface area (Å²) in [6, 6.07) is 13.8. The lowest BCUT2D eigenvalue weighted by Crippen LogP contribution is -2.35. The second-order valence-corrected chi connectivity index (χ2v) is 3.99. The topological polar surface area (TPSA) is 37.2 Å². The molecule has 1 aromatic carbocycles. The highest BCUT2D eigenvalue weighted by atomic mass is 32.1. The van der Waals surface area contributed by atoms with Gasteiger partial charge in [0.2, 0.25) is 0 Å². The summed E-state index contributed by atoms with van der Waals surface area (Å²) < 4.78 is 5.45. The Labute approximate surface area is 106 Å². The number of hydrogen-bond donors (Lipinski definition) is 2. The molecule has 0 aliphatic carbocycles. The van der Waals surface area contributed by atoms with Crippen molar-refractivity contribution in [1.29, 1.82) is 0 Å². The van der Waals surface area contributed by atoms with Crippen molar-refractivity contribution in [3.8, 4) is 0 Å². The van der Waals surface area contributed by atoms with Gasteiger partial charge < -0.3 is 15.1 Å². The number of rotatable bonds is 3. The third-order valence-electron chi connectivity index (χ3n) is 2.46. The fourth-order valence-electron chi connectivity index (χ4n) is 1.62. The van der Waals surface area contributed by atoms with Gasteiger partial charge in [0.05, 0.1) is 6.26 Å². The maximum atomic E-state index is 5.45. The Morgan fingerprint density at radius 3 is 2.53 bits per heavy atom. The van der Waals surface area contributed by atoms with Crippen LogP contribution in [0.3, 0.4) is 0 Å². The minimum Gasteiger partial charge on any atom is -0.467 e. The molecular weight excluding hydrogens is 232 g/mol. The van der Waals surface area contributed by atoms with Crippen LogP contribution in [0.25, 0.3) is 0 Å². The molecule has 0 saturated carbocycles. The predicted molar refractivity (Wildman–Crippen MR) is 71.8 cm³/mol. The van der Waals surface area contributed by atoms with E-state index < -0.39 is 0 Å². The van der Waals surface area contributed by atoms with Crippen molar-refractivity contribution in [2.75, 3.05) is 7.05 Å². The summed E-state index contributed by atoms with van der Waals surface area (Å²) in [5.41, 5.74) is 1.11. The first kappa shape index (κ1) is 11.7. The average molecular weight is 246 g/mol. The largest absolute Gasteiger partial charge is 0.467 e. The molecule has 0 unspecified atom stereocenters. The number of hydrogen-bond acceptors (Lipinski definition) is 2. The van der Waals surface area contributed by atoms with E-state index in [0.29, 0.717) is 5.11 Å². The molecule has 1 aromatic heterocycles. The highest BCUT2D eigenvalue weighted by molar-refractivity contribution is 7.80. The zero-order valence-corrected chi connectivity index (χ0v) is 10.3. The average Bonchev–Trinajstić information content (AvgIpc) is 2.90. The van der Waals surface area contributed by atoms with Gasteiger partial charge in [0.1, 0.15) is 11.8 Å². The molecule has 0 spiro atoms. The van der Waals surface area contributed by atoms with Crippen molar-refractivity contribution in [2.24, 2.45) is 0 Å². The number of benzene rings is 1. The molecule has 0 radical (unpaired) electrons. The summed E-state index contributed by atoms with van der Waals surface area (Å²) in [6.45, 7) is 0. The highest BCUT2D eigenvalue weighted by Gasteiger charge is 2.16. The maximum Gasteiger partial charge on any atom is 0.166 e. The van der Waals surface area contributed by atoms with E-state index in [-0.39, 0.29) is 6.04 Å². The fraction of sp³-hybridized carbons (Fsp3) is 0.154. The van der Waals surface area contributed by atoms with E-state index in [1.54, 1.807) is 13.3 Å². The predicted octanol–water partition coefficient (Wildman–Crippen LogP) is 2.46. The first-order chi connectivity index (χ1) is 8.31. The van der Waals surface area contributed by atoms with Crippen LogP contribution >= 0.6 is 12.2 Å². The van der Waals surface area contributed by atoms with Gasteiger partial charge in [-0.15, -0.1) is 0 Å². The molecule has 0 saturated heterocycles. The van der Waals surface area contributed by atoms with Crippen LogP contribution < -0.4 is 10.6 Å². The van der Waals surface area contributed by atoms with Crippen LogP contribution in [-0.4, -0.2) is 12.2 Å². The quantitative estimate of drug-likeness (QED) is 0.816. The van der Waals surface area contributed by atoms with Crippen molar-refractivity contribution in [2.45, 2.75) is 6.04 Å². The summed E-state index contributed by atoms with van der Waals surface area (Å²) >= 11 is 5.14. The molecule has 88 valence electrons. The molecule has 17 heavy (non-hydrogen) atoms. The minimum absolute atomic E-state index is 0.0638. The SMILES string of the molecule is CNC(=S)N[C@@H](c1ccccc1)c1ccco1. The van der Waals surface area contributed by atoms with Crippen molar-refractivity contribution in [3.63, 3.8) is 0 Å². The van der Waals surface area contributed by atoms with Crippen LogP contribution in [-0.2, 0) is 0 Å². The van der Waals surface area contributed by atoms with Crippen LogP contribution in [0.5, 0.6) is 0 Å². The van der Waals surface area contributed by atoms with Crippen molar-refractivity contribution < 1.29 is 4.42 Å². The van der Waals surface area contributed by atoms with E-state index in [0.717, 1.165) is 11.3 Å². The standard InChI is InChI=1S/C13H14N2OS/c1-14-13(17)15-12(11-8-5-9-16-11)10-6-3-2-4-7-10/h2-9,12H,1H3,(H2,14,15,17)/t12-/m0/s1. The molecule has 0 fully saturated rings. The Hall–Kier alpha value is -1.81. The Morgan fingerprint density at radius 1 is 1.18 bits per heavy atom. The van der Waals surface area contributed by atoms with Gasteiger partial charge in [0.15, 0.2) is 5.11 Å². The van der Waals surface area contributed by atoms with Crippen molar-refractivity contribution >= 4 is 17.3 Å². The summed E-state index contributed by atoms with van der Waals surface area (Å²) in [5, 5.41) is 6.71. The lowest BCUT2D eigenvalue weighted by atomic mass is 10.1. The van der Waals surface area contributed by atoms with Crippen molar-refractivity contribution in [3.05, 3.63) is 60.1 Å². The normalized spacial score (nSPS) is 11.8. The van der Waals surface area contributed by atoms with Gasteiger partial charge in [-0.05, 0) is 29.9 Å². The van der Waals surface area contributed by atoms with Gasteiger partial charge in [0.25, 0.3) is 0 Å². The Morgan fingerprint density at radius 2 is 1.94 bits per heavy atom. The molecule has 3 nitrogen and oxygen atoms in total. The summed E-state index contributed by atoms with van der Waals surface area (Å²) in [6.07, 6.45) is 1.66. The van der Waals surface area contributed by atoms with Gasteiger partial charge in [0, 0.05) is 7.05 Å². The van der Waals surface area contributed by atoms with Crippen LogP contribution in [0.1, 0.15) is 17.4 Å². The molecule has 1 atom stereocenters. The molecule has 2 rings (SSSR count). The van der Waals surface area contributed by atoms with Gasteiger partial charge in [-0.2, -0.15) is 0 Å². The van der Waals surface area contributed by atoms with E-state index in [9.17, 15) is 0 Å². The zero-order chi connectivity index (χ0) is 12.1. The van der Waals surface area contributed by atoms with Gasteiger partial charge in [-0.25, -0.2) is 0 Å². The summed E-state index contributed by atoms with van der Waals surface area (Å²) in [4.78, 5) is 0. The summed E-state index contributed by atoms with van der Waals surface area (Å²) in [5.74, 6) is 0.841. The van der Waals surface area contributed by atoms with E-state index in [1.165, 1.54) is 0 Å². The second-order valence-electron chi connectivity index (χ2n) is 3.58. The zero-order valence-electron chi connectivity index (χ0n) is 9.51. The van der Waals surface area contributed by atoms with Gasteiger partial charge >= 0.3 is 0 Å². The molecule has 0 aliphatic heterocycles. The Bertz CT molecular complexity index is 467. The highest BCUT2D eigenvalue weighted by Crippen LogP contribution is 2.21. The number of thiocarbonyl (C=S) groups is 1. The second kappa shape index (κ2) is 5.50.